The standard InChI is InChI=1S/C50H38N4O4/c1-29-5-9-31(10-6-29)45-37-21-22-38(51-37)46(32-11-7-30(2)8-12-32)40-24-26-42(53-40)48(34-15-19-36(20-16-34)50(56)58-4)44-28-27-43(54-44)47(41-25-23-39(45)52-41)33-13-17-35(18-14-33)49(55)57-3/h5-28,51,54H,1-4H3. The third-order valence-corrected chi connectivity index (χ3v) is 10.6. The van der Waals surface area contributed by atoms with E-state index >= 15 is 0 Å². The Morgan fingerprint density at radius 3 is 0.914 bits per heavy atom. The minimum absolute atomic E-state index is 0.408. The van der Waals surface area contributed by atoms with Crippen LogP contribution in [0.5, 0.6) is 0 Å². The lowest BCUT2D eigenvalue weighted by molar-refractivity contribution is 0.0592. The van der Waals surface area contributed by atoms with Crippen molar-refractivity contribution < 1.29 is 19.1 Å². The molecule has 0 aliphatic carbocycles. The van der Waals surface area contributed by atoms with E-state index in [1.54, 1.807) is 24.3 Å². The number of methoxy groups -OCH3 is 2. The average molecular weight is 759 g/mol. The van der Waals surface area contributed by atoms with E-state index in [2.05, 4.69) is 96.6 Å². The second-order valence-corrected chi connectivity index (χ2v) is 14.4. The summed E-state index contributed by atoms with van der Waals surface area (Å²) in [6.45, 7) is 4.17. The molecule has 2 aliphatic heterocycles. The van der Waals surface area contributed by atoms with Crippen molar-refractivity contribution in [3.8, 4) is 44.5 Å². The molecule has 0 saturated heterocycles. The molecule has 5 heterocycles. The number of hydrogen-bond acceptors (Lipinski definition) is 6. The van der Waals surface area contributed by atoms with Gasteiger partial charge in [-0.3, -0.25) is 0 Å². The van der Waals surface area contributed by atoms with Crippen LogP contribution in [0.4, 0.5) is 0 Å². The van der Waals surface area contributed by atoms with E-state index in [0.717, 1.165) is 100 Å². The highest BCUT2D eigenvalue weighted by Crippen LogP contribution is 2.38. The second-order valence-electron chi connectivity index (χ2n) is 14.4. The van der Waals surface area contributed by atoms with E-state index in [9.17, 15) is 9.59 Å². The Bertz CT molecular complexity index is 2790. The number of aromatic nitrogens is 4. The molecule has 0 amide bonds. The molecule has 0 spiro atoms. The minimum Gasteiger partial charge on any atom is -0.465 e. The van der Waals surface area contributed by atoms with Crippen LogP contribution in [-0.2, 0) is 9.47 Å². The molecule has 0 radical (unpaired) electrons. The smallest absolute Gasteiger partial charge is 0.337 e. The lowest BCUT2D eigenvalue weighted by Crippen LogP contribution is -2.00. The Balaban J connectivity index is 1.42. The Labute approximate surface area is 335 Å². The van der Waals surface area contributed by atoms with Crippen LogP contribution in [0.1, 0.15) is 54.6 Å². The van der Waals surface area contributed by atoms with Crippen molar-refractivity contribution in [2.45, 2.75) is 13.8 Å². The molecular formula is C50H38N4O4. The van der Waals surface area contributed by atoms with Gasteiger partial charge in [0.15, 0.2) is 0 Å². The molecule has 7 aromatic rings. The van der Waals surface area contributed by atoms with E-state index in [1.807, 2.05) is 48.6 Å². The molecule has 0 fully saturated rings. The number of carbonyl (C=O) groups is 2. The summed E-state index contributed by atoms with van der Waals surface area (Å²) in [5.74, 6) is -0.815. The van der Waals surface area contributed by atoms with E-state index in [0.29, 0.717) is 11.1 Å². The third kappa shape index (κ3) is 6.60. The van der Waals surface area contributed by atoms with E-state index in [1.165, 1.54) is 14.2 Å². The Hall–Kier alpha value is -7.58. The summed E-state index contributed by atoms with van der Waals surface area (Å²) < 4.78 is 9.99. The summed E-state index contributed by atoms with van der Waals surface area (Å²) in [5.41, 5.74) is 17.2. The lowest BCUT2D eigenvalue weighted by Gasteiger charge is -2.08. The first kappa shape index (κ1) is 36.1. The molecule has 9 rings (SSSR count). The van der Waals surface area contributed by atoms with Gasteiger partial charge < -0.3 is 19.4 Å². The number of H-pyrrole nitrogens is 2. The molecule has 3 aromatic heterocycles. The summed E-state index contributed by atoms with van der Waals surface area (Å²) >= 11 is 0. The van der Waals surface area contributed by atoms with Gasteiger partial charge in [-0.2, -0.15) is 0 Å². The van der Waals surface area contributed by atoms with Crippen LogP contribution in [0.3, 0.4) is 0 Å². The number of ether oxygens (including phenoxy) is 2. The van der Waals surface area contributed by atoms with Gasteiger partial charge in [0, 0.05) is 44.3 Å². The van der Waals surface area contributed by atoms with Crippen LogP contribution in [-0.4, -0.2) is 46.1 Å². The molecule has 8 nitrogen and oxygen atoms in total. The van der Waals surface area contributed by atoms with Crippen molar-refractivity contribution in [3.05, 3.63) is 166 Å². The average Bonchev–Trinajstić information content (AvgIpc) is 4.10. The van der Waals surface area contributed by atoms with Gasteiger partial charge >= 0.3 is 11.9 Å². The number of aromatic amines is 2. The number of fused-ring (bicyclic) bond motifs is 8. The topological polar surface area (TPSA) is 110 Å². The molecule has 4 aromatic carbocycles. The van der Waals surface area contributed by atoms with Crippen molar-refractivity contribution >= 4 is 58.3 Å². The number of rotatable bonds is 6. The summed E-state index contributed by atoms with van der Waals surface area (Å²) in [7, 11) is 2.75. The SMILES string of the molecule is COC(=O)c1ccc(-c2c3nc(c(-c4ccc(C)cc4)c4ccc([nH]4)c(-c4ccc(C)cc4)c4nc(c(-c5ccc(C(=O)OC)cc5)c5ccc2[nH]5)C=C4)C=C3)cc1. The quantitative estimate of drug-likeness (QED) is 0.163. The summed E-state index contributed by atoms with van der Waals surface area (Å²) in [5, 5.41) is 0. The molecule has 8 heteroatoms. The first-order chi connectivity index (χ1) is 28.3. The Morgan fingerprint density at radius 1 is 0.397 bits per heavy atom. The predicted molar refractivity (Wildman–Crippen MR) is 233 cm³/mol. The predicted octanol–water partition coefficient (Wildman–Crippen LogP) is 11.5. The van der Waals surface area contributed by atoms with Crippen LogP contribution in [0.2, 0.25) is 0 Å². The van der Waals surface area contributed by atoms with Crippen molar-refractivity contribution in [2.24, 2.45) is 0 Å². The van der Waals surface area contributed by atoms with Gasteiger partial charge in [-0.1, -0.05) is 83.9 Å². The van der Waals surface area contributed by atoms with Gasteiger partial charge in [-0.05, 0) is 109 Å². The second kappa shape index (κ2) is 14.8. The van der Waals surface area contributed by atoms with Gasteiger partial charge in [0.2, 0.25) is 0 Å². The minimum atomic E-state index is -0.408. The van der Waals surface area contributed by atoms with Gasteiger partial charge in [0.25, 0.3) is 0 Å². The lowest BCUT2D eigenvalue weighted by atomic mass is 10.0. The number of nitrogens with zero attached hydrogens (tertiary/aromatic N) is 2. The largest absolute Gasteiger partial charge is 0.465 e. The van der Waals surface area contributed by atoms with Crippen molar-refractivity contribution in [1.29, 1.82) is 0 Å². The summed E-state index contributed by atoms with van der Waals surface area (Å²) in [6, 6.07) is 40.1. The van der Waals surface area contributed by atoms with Gasteiger partial charge in [0.1, 0.15) is 0 Å². The zero-order valence-electron chi connectivity index (χ0n) is 32.4. The van der Waals surface area contributed by atoms with Gasteiger partial charge in [0.05, 0.1) is 48.1 Å². The summed E-state index contributed by atoms with van der Waals surface area (Å²) in [6.07, 6.45) is 8.21. The molecule has 0 atom stereocenters. The highest BCUT2D eigenvalue weighted by Gasteiger charge is 2.20. The zero-order chi connectivity index (χ0) is 39.9. The third-order valence-electron chi connectivity index (χ3n) is 10.6. The first-order valence-corrected chi connectivity index (χ1v) is 19.0. The number of benzene rings is 4. The maximum Gasteiger partial charge on any atom is 0.337 e. The molecule has 8 bridgehead atoms. The van der Waals surface area contributed by atoms with Crippen LogP contribution in [0, 0.1) is 13.8 Å². The van der Waals surface area contributed by atoms with E-state index in [4.69, 9.17) is 19.4 Å². The zero-order valence-corrected chi connectivity index (χ0v) is 32.4. The van der Waals surface area contributed by atoms with Crippen LogP contribution in [0.25, 0.3) is 90.9 Å². The molecule has 2 N–H and O–H groups in total. The van der Waals surface area contributed by atoms with Crippen LogP contribution >= 0.6 is 0 Å². The van der Waals surface area contributed by atoms with Gasteiger partial charge in [-0.25, -0.2) is 19.6 Å². The number of nitrogens with one attached hydrogen (secondary N) is 2. The highest BCUT2D eigenvalue weighted by molar-refractivity contribution is 6.00. The van der Waals surface area contributed by atoms with Crippen LogP contribution < -0.4 is 0 Å². The van der Waals surface area contributed by atoms with Gasteiger partial charge in [-0.15, -0.1) is 0 Å². The Kier molecular flexibility index (Phi) is 9.22. The normalized spacial score (nSPS) is 11.8. The molecule has 2 aliphatic rings. The van der Waals surface area contributed by atoms with Crippen molar-refractivity contribution in [2.75, 3.05) is 14.2 Å². The number of hydrogen-bond donors (Lipinski definition) is 2. The fourth-order valence-electron chi connectivity index (χ4n) is 7.64. The number of carbonyl (C=O) groups excluding carboxylic acids is 2. The van der Waals surface area contributed by atoms with Crippen molar-refractivity contribution in [1.82, 2.24) is 19.9 Å². The van der Waals surface area contributed by atoms with E-state index < -0.39 is 11.9 Å². The van der Waals surface area contributed by atoms with Crippen molar-refractivity contribution in [3.63, 3.8) is 0 Å². The Morgan fingerprint density at radius 2 is 0.655 bits per heavy atom. The highest BCUT2D eigenvalue weighted by atomic mass is 16.5. The molecule has 0 saturated carbocycles. The maximum absolute atomic E-state index is 12.4. The maximum atomic E-state index is 12.4. The fraction of sp³-hybridized carbons (Fsp3) is 0.0800. The molecule has 0 unspecified atom stereocenters. The number of esters is 2. The fourth-order valence-corrected chi connectivity index (χ4v) is 7.64. The van der Waals surface area contributed by atoms with E-state index in [-0.39, 0.29) is 0 Å². The first-order valence-electron chi connectivity index (χ1n) is 19.0. The molecular weight excluding hydrogens is 721 g/mol. The molecule has 282 valence electrons. The van der Waals surface area contributed by atoms with Crippen LogP contribution in [0.15, 0.2) is 121 Å². The summed E-state index contributed by atoms with van der Waals surface area (Å²) in [4.78, 5) is 43.1. The monoisotopic (exact) mass is 758 g/mol. The number of aryl methyl sites for hydroxylation is 2. The molecule has 58 heavy (non-hydrogen) atoms.